The van der Waals surface area contributed by atoms with Crippen LogP contribution in [0.2, 0.25) is 0 Å². The van der Waals surface area contributed by atoms with Crippen LogP contribution in [0.4, 0.5) is 0 Å². The van der Waals surface area contributed by atoms with Crippen molar-refractivity contribution in [1.29, 1.82) is 0 Å². The Morgan fingerprint density at radius 2 is 1.50 bits per heavy atom. The highest BCUT2D eigenvalue weighted by atomic mass is 79.9. The standard InChI is InChI=1S/C27H27BrN2O5S/c28-23-14-10-21(11-15-23)22-12-16-24(17-13-22)36(34,35)30-25(27(32)33)8-4-5-19-29-26(31)18-9-20-6-2-1-3-7-20/h1-3,6-7,9-18,25,30H,4-5,8,19H2,(H,29,31)(H,32,33)/b18-9+. The zero-order chi connectivity index (χ0) is 26.0. The van der Waals surface area contributed by atoms with E-state index >= 15 is 0 Å². The molecule has 0 aromatic heterocycles. The van der Waals surface area contributed by atoms with Crippen LogP contribution in [0.15, 0.2) is 94.3 Å². The van der Waals surface area contributed by atoms with Gasteiger partial charge >= 0.3 is 5.97 Å². The van der Waals surface area contributed by atoms with Crippen LogP contribution in [-0.4, -0.2) is 38.0 Å². The fourth-order valence-electron chi connectivity index (χ4n) is 3.44. The summed E-state index contributed by atoms with van der Waals surface area (Å²) in [6.45, 7) is 0.356. The van der Waals surface area contributed by atoms with Crippen LogP contribution < -0.4 is 10.0 Å². The quantitative estimate of drug-likeness (QED) is 0.213. The Hall–Kier alpha value is -3.27. The molecule has 36 heavy (non-hydrogen) atoms. The largest absolute Gasteiger partial charge is 0.480 e. The zero-order valence-corrected chi connectivity index (χ0v) is 21.8. The first-order valence-electron chi connectivity index (χ1n) is 11.4. The first-order valence-corrected chi connectivity index (χ1v) is 13.6. The summed E-state index contributed by atoms with van der Waals surface area (Å²) in [4.78, 5) is 23.6. The highest BCUT2D eigenvalue weighted by Gasteiger charge is 2.25. The lowest BCUT2D eigenvalue weighted by atomic mass is 10.1. The Morgan fingerprint density at radius 3 is 2.11 bits per heavy atom. The van der Waals surface area contributed by atoms with Gasteiger partial charge in [-0.1, -0.05) is 70.5 Å². The first kappa shape index (κ1) is 27.3. The lowest BCUT2D eigenvalue weighted by Crippen LogP contribution is -2.40. The molecule has 1 amide bonds. The molecule has 3 N–H and O–H groups in total. The van der Waals surface area contributed by atoms with Crippen molar-refractivity contribution in [2.75, 3.05) is 6.54 Å². The van der Waals surface area contributed by atoms with Gasteiger partial charge in [0, 0.05) is 17.1 Å². The topological polar surface area (TPSA) is 113 Å². The maximum Gasteiger partial charge on any atom is 0.321 e. The second-order valence-electron chi connectivity index (χ2n) is 8.07. The van der Waals surface area contributed by atoms with Gasteiger partial charge in [0.1, 0.15) is 6.04 Å². The van der Waals surface area contributed by atoms with E-state index in [9.17, 15) is 23.1 Å². The van der Waals surface area contributed by atoms with Crippen LogP contribution in [0.1, 0.15) is 24.8 Å². The molecule has 188 valence electrons. The van der Waals surface area contributed by atoms with Gasteiger partial charge in [-0.05, 0) is 66.3 Å². The van der Waals surface area contributed by atoms with Crippen molar-refractivity contribution in [3.05, 3.63) is 95.0 Å². The van der Waals surface area contributed by atoms with E-state index < -0.39 is 22.0 Å². The summed E-state index contributed by atoms with van der Waals surface area (Å²) in [5, 5.41) is 12.2. The van der Waals surface area contributed by atoms with E-state index in [1.807, 2.05) is 54.6 Å². The molecule has 0 aliphatic rings. The summed E-state index contributed by atoms with van der Waals surface area (Å²) in [6.07, 6.45) is 4.17. The predicted octanol–water partition coefficient (Wildman–Crippen LogP) is 4.85. The average Bonchev–Trinajstić information content (AvgIpc) is 2.87. The van der Waals surface area contributed by atoms with Gasteiger partial charge < -0.3 is 10.4 Å². The van der Waals surface area contributed by atoms with Crippen molar-refractivity contribution in [1.82, 2.24) is 10.0 Å². The van der Waals surface area contributed by atoms with Crippen molar-refractivity contribution in [3.63, 3.8) is 0 Å². The molecule has 0 fully saturated rings. The summed E-state index contributed by atoms with van der Waals surface area (Å²) in [6, 6.07) is 22.0. The molecule has 9 heteroatoms. The SMILES string of the molecule is O=C(/C=C/c1ccccc1)NCCCCC(NS(=O)(=O)c1ccc(-c2ccc(Br)cc2)cc1)C(=O)O. The van der Waals surface area contributed by atoms with E-state index in [1.54, 1.807) is 18.2 Å². The summed E-state index contributed by atoms with van der Waals surface area (Å²) < 4.78 is 28.7. The van der Waals surface area contributed by atoms with Gasteiger partial charge in [-0.2, -0.15) is 4.72 Å². The van der Waals surface area contributed by atoms with Gasteiger partial charge in [-0.3, -0.25) is 9.59 Å². The number of amides is 1. The lowest BCUT2D eigenvalue weighted by molar-refractivity contribution is -0.139. The minimum atomic E-state index is -4.02. The number of halogens is 1. The molecule has 3 rings (SSSR count). The summed E-state index contributed by atoms with van der Waals surface area (Å²) in [5.41, 5.74) is 2.69. The molecule has 0 bridgehead atoms. The van der Waals surface area contributed by atoms with E-state index in [0.717, 1.165) is 21.2 Å². The van der Waals surface area contributed by atoms with E-state index in [4.69, 9.17) is 0 Å². The van der Waals surface area contributed by atoms with Crippen LogP contribution in [0, 0.1) is 0 Å². The number of carboxylic acid groups (broad SMARTS) is 1. The van der Waals surface area contributed by atoms with Gasteiger partial charge in [0.25, 0.3) is 0 Å². The number of carboxylic acids is 1. The third-order valence-electron chi connectivity index (χ3n) is 5.38. The molecule has 3 aromatic carbocycles. The van der Waals surface area contributed by atoms with Gasteiger partial charge in [0.05, 0.1) is 4.90 Å². The molecule has 0 saturated carbocycles. The van der Waals surface area contributed by atoms with Crippen LogP contribution in [0.5, 0.6) is 0 Å². The van der Waals surface area contributed by atoms with Crippen LogP contribution in [0.25, 0.3) is 17.2 Å². The Labute approximate surface area is 219 Å². The molecule has 0 saturated heterocycles. The molecule has 7 nitrogen and oxygen atoms in total. The second-order valence-corrected chi connectivity index (χ2v) is 10.7. The molecule has 0 heterocycles. The fourth-order valence-corrected chi connectivity index (χ4v) is 4.93. The molecule has 0 aliphatic carbocycles. The van der Waals surface area contributed by atoms with Gasteiger partial charge in [0.2, 0.25) is 15.9 Å². The average molecular weight is 571 g/mol. The number of rotatable bonds is 12. The number of benzene rings is 3. The molecule has 0 spiro atoms. The lowest BCUT2D eigenvalue weighted by Gasteiger charge is -2.15. The number of sulfonamides is 1. The molecule has 1 atom stereocenters. The Balaban J connectivity index is 1.48. The Bertz CT molecular complexity index is 1290. The highest BCUT2D eigenvalue weighted by molar-refractivity contribution is 9.10. The van der Waals surface area contributed by atoms with Gasteiger partial charge in [-0.25, -0.2) is 8.42 Å². The maximum atomic E-state index is 12.8. The molecular weight excluding hydrogens is 544 g/mol. The van der Waals surface area contributed by atoms with Crippen molar-refractivity contribution in [2.24, 2.45) is 0 Å². The minimum Gasteiger partial charge on any atom is -0.480 e. The predicted molar refractivity (Wildman–Crippen MR) is 144 cm³/mol. The highest BCUT2D eigenvalue weighted by Crippen LogP contribution is 2.23. The van der Waals surface area contributed by atoms with E-state index in [-0.39, 0.29) is 17.2 Å². The summed E-state index contributed by atoms with van der Waals surface area (Å²) in [7, 11) is -4.02. The Morgan fingerprint density at radius 1 is 0.889 bits per heavy atom. The molecule has 0 radical (unpaired) electrons. The number of aliphatic carboxylic acids is 1. The first-order chi connectivity index (χ1) is 17.2. The smallest absolute Gasteiger partial charge is 0.321 e. The number of hydrogen-bond donors (Lipinski definition) is 3. The molecule has 1 unspecified atom stereocenters. The van der Waals surface area contributed by atoms with E-state index in [2.05, 4.69) is 26.0 Å². The van der Waals surface area contributed by atoms with Gasteiger partial charge in [-0.15, -0.1) is 0 Å². The Kier molecular flexibility index (Phi) is 9.98. The third kappa shape index (κ3) is 8.44. The second kappa shape index (κ2) is 13.2. The number of nitrogens with one attached hydrogen (secondary N) is 2. The van der Waals surface area contributed by atoms with Crippen LogP contribution in [-0.2, 0) is 19.6 Å². The number of carbonyl (C=O) groups is 2. The third-order valence-corrected chi connectivity index (χ3v) is 7.40. The number of hydrogen-bond acceptors (Lipinski definition) is 4. The normalized spacial score (nSPS) is 12.4. The molecule has 3 aromatic rings. The number of unbranched alkanes of at least 4 members (excludes halogenated alkanes) is 1. The van der Waals surface area contributed by atoms with Gasteiger partial charge in [0.15, 0.2) is 0 Å². The van der Waals surface area contributed by atoms with Crippen molar-refractivity contribution in [3.8, 4) is 11.1 Å². The van der Waals surface area contributed by atoms with Crippen molar-refractivity contribution < 1.29 is 23.1 Å². The zero-order valence-electron chi connectivity index (χ0n) is 19.4. The summed E-state index contributed by atoms with van der Waals surface area (Å²) in [5.74, 6) is -1.50. The monoisotopic (exact) mass is 570 g/mol. The number of carbonyl (C=O) groups excluding carboxylic acids is 1. The summed E-state index contributed by atoms with van der Waals surface area (Å²) >= 11 is 3.38. The van der Waals surface area contributed by atoms with Crippen molar-refractivity contribution in [2.45, 2.75) is 30.2 Å². The molecule has 0 aliphatic heterocycles. The fraction of sp³-hybridized carbons (Fsp3) is 0.185. The van der Waals surface area contributed by atoms with E-state index in [1.165, 1.54) is 18.2 Å². The van der Waals surface area contributed by atoms with Crippen LogP contribution >= 0.6 is 15.9 Å². The van der Waals surface area contributed by atoms with Crippen LogP contribution in [0.3, 0.4) is 0 Å². The molecular formula is C27H27BrN2O5S. The maximum absolute atomic E-state index is 12.8. The minimum absolute atomic E-state index is 0.00733. The van der Waals surface area contributed by atoms with E-state index in [0.29, 0.717) is 19.4 Å². The van der Waals surface area contributed by atoms with Crippen molar-refractivity contribution >= 4 is 43.9 Å².